The molecular formula is C22H18ClN3O3. The first-order chi connectivity index (χ1) is 14.1. The molecular weight excluding hydrogens is 390 g/mol. The van der Waals surface area contributed by atoms with E-state index in [1.165, 1.54) is 6.21 Å². The van der Waals surface area contributed by atoms with E-state index in [0.29, 0.717) is 27.6 Å². The summed E-state index contributed by atoms with van der Waals surface area (Å²) in [4.78, 5) is 24.0. The number of para-hydroxylation sites is 1. The molecule has 2 amide bonds. The van der Waals surface area contributed by atoms with Gasteiger partial charge in [0.1, 0.15) is 5.75 Å². The molecule has 0 spiro atoms. The van der Waals surface area contributed by atoms with Gasteiger partial charge in [0.15, 0.2) is 6.61 Å². The SMILES string of the molecule is O=C(COc1cccc(/C=N/NC(=O)c2ccccc2)c1)Nc1ccccc1Cl. The van der Waals surface area contributed by atoms with Crippen LogP contribution < -0.4 is 15.5 Å². The topological polar surface area (TPSA) is 79.8 Å². The maximum Gasteiger partial charge on any atom is 0.271 e. The molecule has 0 aliphatic heterocycles. The van der Waals surface area contributed by atoms with E-state index in [1.807, 2.05) is 6.07 Å². The number of nitrogens with one attached hydrogen (secondary N) is 2. The Hall–Kier alpha value is -3.64. The molecule has 0 fully saturated rings. The number of hydrogen-bond acceptors (Lipinski definition) is 4. The number of rotatable bonds is 7. The lowest BCUT2D eigenvalue weighted by Gasteiger charge is -2.09. The minimum atomic E-state index is -0.327. The van der Waals surface area contributed by atoms with Crippen LogP contribution in [0.4, 0.5) is 5.69 Å². The summed E-state index contributed by atoms with van der Waals surface area (Å²) in [7, 11) is 0. The standard InChI is InChI=1S/C22H18ClN3O3/c23-19-11-4-5-12-20(19)25-21(27)15-29-18-10-6-7-16(13-18)14-24-26-22(28)17-8-2-1-3-9-17/h1-14H,15H2,(H,25,27)(H,26,28)/b24-14+. The second-order valence-electron chi connectivity index (χ2n) is 5.95. The number of benzene rings is 3. The van der Waals surface area contributed by atoms with E-state index >= 15 is 0 Å². The van der Waals surface area contributed by atoms with Crippen LogP contribution in [-0.2, 0) is 4.79 Å². The molecule has 2 N–H and O–H groups in total. The zero-order chi connectivity index (χ0) is 20.5. The zero-order valence-corrected chi connectivity index (χ0v) is 16.1. The monoisotopic (exact) mass is 407 g/mol. The van der Waals surface area contributed by atoms with Gasteiger partial charge in [0.25, 0.3) is 11.8 Å². The van der Waals surface area contributed by atoms with Gasteiger partial charge in [-0.2, -0.15) is 5.10 Å². The molecule has 6 nitrogen and oxygen atoms in total. The number of amides is 2. The van der Waals surface area contributed by atoms with E-state index in [4.69, 9.17) is 16.3 Å². The molecule has 29 heavy (non-hydrogen) atoms. The fourth-order valence-electron chi connectivity index (χ4n) is 2.40. The van der Waals surface area contributed by atoms with Crippen molar-refractivity contribution >= 4 is 35.3 Å². The first-order valence-corrected chi connectivity index (χ1v) is 9.15. The highest BCUT2D eigenvalue weighted by Gasteiger charge is 2.06. The summed E-state index contributed by atoms with van der Waals surface area (Å²) >= 11 is 6.02. The Morgan fingerprint density at radius 2 is 1.72 bits per heavy atom. The highest BCUT2D eigenvalue weighted by molar-refractivity contribution is 6.33. The van der Waals surface area contributed by atoms with Crippen molar-refractivity contribution < 1.29 is 14.3 Å². The molecule has 3 aromatic carbocycles. The Balaban J connectivity index is 1.52. The summed E-state index contributed by atoms with van der Waals surface area (Å²) in [5.41, 5.74) is 4.22. The van der Waals surface area contributed by atoms with Gasteiger partial charge in [-0.1, -0.05) is 54.1 Å². The van der Waals surface area contributed by atoms with Gasteiger partial charge in [-0.05, 0) is 42.0 Å². The van der Waals surface area contributed by atoms with Crippen molar-refractivity contribution in [1.82, 2.24) is 5.43 Å². The first kappa shape index (κ1) is 20.1. The van der Waals surface area contributed by atoms with Crippen molar-refractivity contribution in [3.63, 3.8) is 0 Å². The Morgan fingerprint density at radius 3 is 2.52 bits per heavy atom. The van der Waals surface area contributed by atoms with Gasteiger partial charge >= 0.3 is 0 Å². The fourth-order valence-corrected chi connectivity index (χ4v) is 2.58. The van der Waals surface area contributed by atoms with Crippen LogP contribution in [0.15, 0.2) is 84.0 Å². The molecule has 146 valence electrons. The largest absolute Gasteiger partial charge is 0.484 e. The highest BCUT2D eigenvalue weighted by Crippen LogP contribution is 2.20. The molecule has 0 aliphatic carbocycles. The minimum Gasteiger partial charge on any atom is -0.484 e. The molecule has 0 heterocycles. The molecule has 0 unspecified atom stereocenters. The average Bonchev–Trinajstić information content (AvgIpc) is 2.75. The number of halogens is 1. The van der Waals surface area contributed by atoms with E-state index in [0.717, 1.165) is 0 Å². The second-order valence-corrected chi connectivity index (χ2v) is 6.36. The predicted octanol–water partition coefficient (Wildman–Crippen LogP) is 4.12. The second kappa shape index (κ2) is 10.1. The molecule has 0 aromatic heterocycles. The van der Waals surface area contributed by atoms with Crippen LogP contribution in [0.2, 0.25) is 5.02 Å². The molecule has 0 bridgehead atoms. The van der Waals surface area contributed by atoms with E-state index in [-0.39, 0.29) is 18.4 Å². The Morgan fingerprint density at radius 1 is 0.966 bits per heavy atom. The van der Waals surface area contributed by atoms with Crippen molar-refractivity contribution in [1.29, 1.82) is 0 Å². The molecule has 7 heteroatoms. The van der Waals surface area contributed by atoms with Crippen LogP contribution in [0.5, 0.6) is 5.75 Å². The lowest BCUT2D eigenvalue weighted by atomic mass is 10.2. The fraction of sp³-hybridized carbons (Fsp3) is 0.0455. The van der Waals surface area contributed by atoms with Crippen LogP contribution >= 0.6 is 11.6 Å². The first-order valence-electron chi connectivity index (χ1n) is 8.77. The van der Waals surface area contributed by atoms with Gasteiger partial charge in [-0.15, -0.1) is 0 Å². The van der Waals surface area contributed by atoms with E-state index in [9.17, 15) is 9.59 Å². The molecule has 0 saturated heterocycles. The molecule has 3 aromatic rings. The third kappa shape index (κ3) is 6.19. The third-order valence-electron chi connectivity index (χ3n) is 3.79. The zero-order valence-electron chi connectivity index (χ0n) is 15.3. The number of hydrazone groups is 1. The van der Waals surface area contributed by atoms with Crippen molar-refractivity contribution in [2.45, 2.75) is 0 Å². The predicted molar refractivity (Wildman–Crippen MR) is 114 cm³/mol. The number of ether oxygens (including phenoxy) is 1. The van der Waals surface area contributed by atoms with E-state index < -0.39 is 0 Å². The summed E-state index contributed by atoms with van der Waals surface area (Å²) in [5, 5.41) is 7.09. The Kier molecular flexibility index (Phi) is 6.97. The van der Waals surface area contributed by atoms with Gasteiger partial charge in [-0.3, -0.25) is 9.59 Å². The van der Waals surface area contributed by atoms with Gasteiger partial charge in [0, 0.05) is 5.56 Å². The smallest absolute Gasteiger partial charge is 0.271 e. The number of anilines is 1. The van der Waals surface area contributed by atoms with Gasteiger partial charge < -0.3 is 10.1 Å². The van der Waals surface area contributed by atoms with Crippen LogP contribution in [0.1, 0.15) is 15.9 Å². The lowest BCUT2D eigenvalue weighted by molar-refractivity contribution is -0.118. The molecule has 0 atom stereocenters. The normalized spacial score (nSPS) is 10.5. The summed E-state index contributed by atoms with van der Waals surface area (Å²) in [6, 6.07) is 22.8. The van der Waals surface area contributed by atoms with Crippen molar-refractivity contribution in [2.24, 2.45) is 5.10 Å². The number of nitrogens with zero attached hydrogens (tertiary/aromatic N) is 1. The minimum absolute atomic E-state index is 0.170. The highest BCUT2D eigenvalue weighted by atomic mass is 35.5. The third-order valence-corrected chi connectivity index (χ3v) is 4.12. The van der Waals surface area contributed by atoms with E-state index in [2.05, 4.69) is 15.8 Å². The number of carbonyl (C=O) groups excluding carboxylic acids is 2. The average molecular weight is 408 g/mol. The summed E-state index contributed by atoms with van der Waals surface area (Å²) in [6.07, 6.45) is 1.50. The number of hydrogen-bond donors (Lipinski definition) is 2. The molecule has 0 aliphatic rings. The summed E-state index contributed by atoms with van der Waals surface area (Å²) in [6.45, 7) is -0.170. The Labute approximate surface area is 173 Å². The van der Waals surface area contributed by atoms with Crippen LogP contribution in [0.3, 0.4) is 0 Å². The number of carbonyl (C=O) groups is 2. The Bertz CT molecular complexity index is 1020. The van der Waals surface area contributed by atoms with Crippen LogP contribution in [0, 0.1) is 0 Å². The van der Waals surface area contributed by atoms with Crippen LogP contribution in [-0.4, -0.2) is 24.6 Å². The van der Waals surface area contributed by atoms with Gasteiger partial charge in [0.05, 0.1) is 16.9 Å². The lowest BCUT2D eigenvalue weighted by Crippen LogP contribution is -2.20. The molecule has 0 saturated carbocycles. The quantitative estimate of drug-likeness (QED) is 0.456. The maximum absolute atomic E-state index is 12.0. The van der Waals surface area contributed by atoms with E-state index in [1.54, 1.807) is 72.8 Å². The molecule has 0 radical (unpaired) electrons. The summed E-state index contributed by atoms with van der Waals surface area (Å²) < 4.78 is 5.51. The summed E-state index contributed by atoms with van der Waals surface area (Å²) in [5.74, 6) is -0.129. The van der Waals surface area contributed by atoms with Crippen molar-refractivity contribution in [3.8, 4) is 5.75 Å². The van der Waals surface area contributed by atoms with Crippen molar-refractivity contribution in [2.75, 3.05) is 11.9 Å². The van der Waals surface area contributed by atoms with Crippen LogP contribution in [0.25, 0.3) is 0 Å². The molecule has 3 rings (SSSR count). The van der Waals surface area contributed by atoms with Gasteiger partial charge in [-0.25, -0.2) is 5.43 Å². The maximum atomic E-state index is 12.0. The van der Waals surface area contributed by atoms with Gasteiger partial charge in [0.2, 0.25) is 0 Å². The van der Waals surface area contributed by atoms with Crippen molar-refractivity contribution in [3.05, 3.63) is 95.0 Å².